The normalized spacial score (nSPS) is 11.4. The molecule has 0 unspecified atom stereocenters. The highest BCUT2D eigenvalue weighted by molar-refractivity contribution is 6.10. The number of para-hydroxylation sites is 3. The lowest BCUT2D eigenvalue weighted by molar-refractivity contribution is 0.0955. The first-order valence-corrected chi connectivity index (χ1v) is 11.2. The van der Waals surface area contributed by atoms with Gasteiger partial charge < -0.3 is 20.5 Å². The average molecular weight is 461 g/mol. The largest absolute Gasteiger partial charge is 0.493 e. The molecule has 9 nitrogen and oxygen atoms in total. The molecule has 0 bridgehead atoms. The van der Waals surface area contributed by atoms with Gasteiger partial charge in [0.05, 0.1) is 31.5 Å². The number of carbonyl (C=O) groups is 1. The van der Waals surface area contributed by atoms with Gasteiger partial charge in [0, 0.05) is 12.1 Å². The molecular weight excluding hydrogens is 432 g/mol. The van der Waals surface area contributed by atoms with E-state index in [0.717, 1.165) is 19.3 Å². The van der Waals surface area contributed by atoms with E-state index < -0.39 is 0 Å². The third-order valence-electron chi connectivity index (χ3n) is 5.51. The SMILES string of the molecule is CCCCCNC(=O)c1c(N)n(N=Cc2cccc(OC)c2OC)c2nc3ccccc3nc12. The molecule has 4 rings (SSSR count). The molecule has 0 saturated heterocycles. The maximum Gasteiger partial charge on any atom is 0.257 e. The second-order valence-corrected chi connectivity index (χ2v) is 7.75. The van der Waals surface area contributed by atoms with Crippen LogP contribution in [0, 0.1) is 0 Å². The highest BCUT2D eigenvalue weighted by Crippen LogP contribution is 2.31. The number of ether oxygens (including phenoxy) is 2. The number of nitrogens with zero attached hydrogens (tertiary/aromatic N) is 4. The van der Waals surface area contributed by atoms with Crippen LogP contribution in [-0.2, 0) is 0 Å². The Kier molecular flexibility index (Phi) is 6.91. The molecule has 4 aromatic rings. The van der Waals surface area contributed by atoms with E-state index in [1.165, 1.54) is 4.68 Å². The molecule has 3 N–H and O–H groups in total. The summed E-state index contributed by atoms with van der Waals surface area (Å²) in [7, 11) is 3.13. The summed E-state index contributed by atoms with van der Waals surface area (Å²) in [6.45, 7) is 2.67. The molecule has 0 aliphatic carbocycles. The number of aromatic nitrogens is 3. The molecule has 34 heavy (non-hydrogen) atoms. The van der Waals surface area contributed by atoms with Crippen molar-refractivity contribution in [3.05, 3.63) is 53.6 Å². The van der Waals surface area contributed by atoms with E-state index in [0.29, 0.717) is 45.8 Å². The third-order valence-corrected chi connectivity index (χ3v) is 5.51. The third kappa shape index (κ3) is 4.36. The Hall–Kier alpha value is -4.14. The number of carbonyl (C=O) groups excluding carboxylic acids is 1. The van der Waals surface area contributed by atoms with Crippen molar-refractivity contribution in [2.75, 3.05) is 26.5 Å². The number of nitrogens with one attached hydrogen (secondary N) is 1. The van der Waals surface area contributed by atoms with Gasteiger partial charge in [-0.05, 0) is 30.7 Å². The van der Waals surface area contributed by atoms with Gasteiger partial charge in [-0.25, -0.2) is 9.97 Å². The first-order valence-electron chi connectivity index (χ1n) is 11.2. The van der Waals surface area contributed by atoms with Crippen molar-refractivity contribution < 1.29 is 14.3 Å². The van der Waals surface area contributed by atoms with E-state index in [1.54, 1.807) is 26.5 Å². The maximum absolute atomic E-state index is 13.1. The van der Waals surface area contributed by atoms with Crippen LogP contribution >= 0.6 is 0 Å². The minimum atomic E-state index is -0.295. The van der Waals surface area contributed by atoms with Crippen LogP contribution in [0.2, 0.25) is 0 Å². The van der Waals surface area contributed by atoms with Gasteiger partial charge in [0.1, 0.15) is 16.9 Å². The molecule has 0 fully saturated rings. The van der Waals surface area contributed by atoms with Crippen LogP contribution in [0.25, 0.3) is 22.2 Å². The predicted molar refractivity (Wildman–Crippen MR) is 134 cm³/mol. The van der Waals surface area contributed by atoms with Crippen molar-refractivity contribution in [3.63, 3.8) is 0 Å². The lowest BCUT2D eigenvalue weighted by Gasteiger charge is -2.09. The lowest BCUT2D eigenvalue weighted by Crippen LogP contribution is -2.25. The highest BCUT2D eigenvalue weighted by atomic mass is 16.5. The first kappa shape index (κ1) is 23.0. The standard InChI is InChI=1S/C25H28N6O3/c1-4-5-8-14-27-25(32)20-21-24(30-18-12-7-6-11-17(18)29-21)31(23(20)26)28-15-16-10-9-13-19(33-2)22(16)34-3/h6-7,9-13,15H,4-5,8,14,26H2,1-3H3,(H,27,32). The molecule has 0 spiro atoms. The van der Waals surface area contributed by atoms with Crippen LogP contribution in [-0.4, -0.2) is 47.5 Å². The van der Waals surface area contributed by atoms with E-state index in [4.69, 9.17) is 25.2 Å². The van der Waals surface area contributed by atoms with Crippen molar-refractivity contribution in [3.8, 4) is 11.5 Å². The second-order valence-electron chi connectivity index (χ2n) is 7.75. The number of hydrogen-bond acceptors (Lipinski definition) is 7. The molecule has 2 heterocycles. The molecule has 0 aliphatic heterocycles. The number of hydrogen-bond donors (Lipinski definition) is 2. The molecule has 0 atom stereocenters. The van der Waals surface area contributed by atoms with Crippen LogP contribution in [0.5, 0.6) is 11.5 Å². The Labute approximate surface area is 197 Å². The Morgan fingerprint density at radius 3 is 2.56 bits per heavy atom. The molecular formula is C25H28N6O3. The topological polar surface area (TPSA) is 117 Å². The van der Waals surface area contributed by atoms with E-state index in [-0.39, 0.29) is 17.3 Å². The van der Waals surface area contributed by atoms with Crippen LogP contribution < -0.4 is 20.5 Å². The molecule has 1 amide bonds. The van der Waals surface area contributed by atoms with Gasteiger partial charge in [0.2, 0.25) is 0 Å². The minimum absolute atomic E-state index is 0.163. The minimum Gasteiger partial charge on any atom is -0.493 e. The zero-order valence-corrected chi connectivity index (χ0v) is 19.5. The number of methoxy groups -OCH3 is 2. The average Bonchev–Trinajstić information content (AvgIpc) is 3.13. The fourth-order valence-electron chi connectivity index (χ4n) is 3.79. The molecule has 2 aromatic carbocycles. The van der Waals surface area contributed by atoms with Gasteiger partial charge in [-0.3, -0.25) is 4.79 Å². The van der Waals surface area contributed by atoms with Crippen molar-refractivity contribution >= 4 is 40.1 Å². The second kappa shape index (κ2) is 10.2. The van der Waals surface area contributed by atoms with Crippen LogP contribution in [0.1, 0.15) is 42.1 Å². The molecule has 0 saturated carbocycles. The van der Waals surface area contributed by atoms with E-state index in [2.05, 4.69) is 17.3 Å². The lowest BCUT2D eigenvalue weighted by atomic mass is 10.2. The van der Waals surface area contributed by atoms with Gasteiger partial charge in [0.15, 0.2) is 17.1 Å². The number of nitrogens with two attached hydrogens (primary N) is 1. The number of fused-ring (bicyclic) bond motifs is 2. The molecule has 176 valence electrons. The summed E-state index contributed by atoms with van der Waals surface area (Å²) in [5.74, 6) is 0.983. The van der Waals surface area contributed by atoms with Crippen LogP contribution in [0.15, 0.2) is 47.6 Å². The molecule has 9 heteroatoms. The maximum atomic E-state index is 13.1. The van der Waals surface area contributed by atoms with Gasteiger partial charge in [-0.15, -0.1) is 0 Å². The van der Waals surface area contributed by atoms with Gasteiger partial charge in [-0.1, -0.05) is 38.0 Å². The zero-order chi connectivity index (χ0) is 24.1. The van der Waals surface area contributed by atoms with Crippen molar-refractivity contribution in [1.82, 2.24) is 20.0 Å². The summed E-state index contributed by atoms with van der Waals surface area (Å²) in [5.41, 5.74) is 9.55. The fraction of sp³-hybridized carbons (Fsp3) is 0.280. The summed E-state index contributed by atoms with van der Waals surface area (Å²) < 4.78 is 12.3. The highest BCUT2D eigenvalue weighted by Gasteiger charge is 2.24. The summed E-state index contributed by atoms with van der Waals surface area (Å²) in [4.78, 5) is 22.5. The number of nitrogen functional groups attached to an aromatic ring is 1. The number of rotatable bonds is 9. The first-order chi connectivity index (χ1) is 16.6. The Bertz CT molecular complexity index is 1360. The monoisotopic (exact) mass is 460 g/mol. The van der Waals surface area contributed by atoms with Crippen LogP contribution in [0.4, 0.5) is 5.82 Å². The Morgan fingerprint density at radius 2 is 1.85 bits per heavy atom. The summed E-state index contributed by atoms with van der Waals surface area (Å²) in [6, 6.07) is 12.9. The number of anilines is 1. The van der Waals surface area contributed by atoms with Gasteiger partial charge in [-0.2, -0.15) is 9.78 Å². The van der Waals surface area contributed by atoms with Crippen molar-refractivity contribution in [1.29, 1.82) is 0 Å². The number of amides is 1. The predicted octanol–water partition coefficient (Wildman–Crippen LogP) is 3.99. The van der Waals surface area contributed by atoms with Gasteiger partial charge >= 0.3 is 0 Å². The smallest absolute Gasteiger partial charge is 0.257 e. The zero-order valence-electron chi connectivity index (χ0n) is 19.5. The van der Waals surface area contributed by atoms with E-state index in [9.17, 15) is 4.79 Å². The summed E-state index contributed by atoms with van der Waals surface area (Å²) >= 11 is 0. The molecule has 0 radical (unpaired) electrons. The van der Waals surface area contributed by atoms with E-state index >= 15 is 0 Å². The number of benzene rings is 2. The van der Waals surface area contributed by atoms with Gasteiger partial charge in [0.25, 0.3) is 5.91 Å². The number of unbranched alkanes of at least 4 members (excludes halogenated alkanes) is 2. The van der Waals surface area contributed by atoms with Crippen molar-refractivity contribution in [2.45, 2.75) is 26.2 Å². The fourth-order valence-corrected chi connectivity index (χ4v) is 3.79. The summed E-state index contributed by atoms with van der Waals surface area (Å²) in [6.07, 6.45) is 4.59. The Morgan fingerprint density at radius 1 is 1.09 bits per heavy atom. The van der Waals surface area contributed by atoms with E-state index in [1.807, 2.05) is 36.4 Å². The molecule has 0 aliphatic rings. The van der Waals surface area contributed by atoms with Crippen LogP contribution in [0.3, 0.4) is 0 Å². The molecule has 2 aromatic heterocycles. The van der Waals surface area contributed by atoms with Crippen molar-refractivity contribution in [2.24, 2.45) is 5.10 Å². The summed E-state index contributed by atoms with van der Waals surface area (Å²) in [5, 5.41) is 7.50. The quantitative estimate of drug-likeness (QED) is 0.288. The Balaban J connectivity index is 1.83.